The number of nitrogens with one attached hydrogen (secondary N) is 1. The van der Waals surface area contributed by atoms with Gasteiger partial charge in [0.1, 0.15) is 18.0 Å². The molecule has 6 rings (SSSR count). The molecule has 3 aliphatic rings. The molecule has 9 nitrogen and oxygen atoms in total. The zero-order valence-electron chi connectivity index (χ0n) is 15.3. The summed E-state index contributed by atoms with van der Waals surface area (Å²) in [6.45, 7) is 0.706. The van der Waals surface area contributed by atoms with Gasteiger partial charge in [-0.25, -0.2) is 23.9 Å². The molecule has 1 atom stereocenters. The quantitative estimate of drug-likeness (QED) is 0.619. The lowest BCUT2D eigenvalue weighted by atomic mass is 10.1. The van der Waals surface area contributed by atoms with E-state index in [2.05, 4.69) is 20.4 Å². The Morgan fingerprint density at radius 3 is 3.07 bits per heavy atom. The van der Waals surface area contributed by atoms with Crippen LogP contribution in [0, 0.1) is 5.82 Å². The van der Waals surface area contributed by atoms with Crippen molar-refractivity contribution in [1.82, 2.24) is 24.9 Å². The van der Waals surface area contributed by atoms with Gasteiger partial charge in [0.15, 0.2) is 11.5 Å². The summed E-state index contributed by atoms with van der Waals surface area (Å²) in [4.78, 5) is 27.5. The third-order valence-corrected chi connectivity index (χ3v) is 5.65. The van der Waals surface area contributed by atoms with Crippen molar-refractivity contribution in [3.05, 3.63) is 47.7 Å². The molecule has 10 heteroatoms. The molecule has 1 saturated heterocycles. The Hall–Kier alpha value is -3.27. The Kier molecular flexibility index (Phi) is 3.37. The van der Waals surface area contributed by atoms with E-state index >= 15 is 0 Å². The number of hydrogen-bond donors (Lipinski definition) is 1. The van der Waals surface area contributed by atoms with Crippen LogP contribution in [0.15, 0.2) is 30.7 Å². The van der Waals surface area contributed by atoms with Crippen LogP contribution in [0.5, 0.6) is 5.88 Å². The largest absolute Gasteiger partial charge is 0.475 e. The number of hydroxylamine groups is 1. The lowest BCUT2D eigenvalue weighted by Gasteiger charge is -2.25. The predicted molar refractivity (Wildman–Crippen MR) is 97.9 cm³/mol. The van der Waals surface area contributed by atoms with Crippen LogP contribution in [0.1, 0.15) is 41.2 Å². The zero-order valence-corrected chi connectivity index (χ0v) is 15.3. The van der Waals surface area contributed by atoms with E-state index in [0.29, 0.717) is 41.5 Å². The van der Waals surface area contributed by atoms with Crippen LogP contribution in [0.2, 0.25) is 0 Å². The lowest BCUT2D eigenvalue weighted by molar-refractivity contribution is 0.0913. The maximum atomic E-state index is 14.0. The second kappa shape index (κ2) is 5.86. The number of rotatable bonds is 0. The molecule has 1 spiro atoms. The smallest absolute Gasteiger partial charge is 0.257 e. The zero-order chi connectivity index (χ0) is 19.6. The van der Waals surface area contributed by atoms with Crippen molar-refractivity contribution in [2.24, 2.45) is 0 Å². The normalized spacial score (nSPS) is 22.3. The summed E-state index contributed by atoms with van der Waals surface area (Å²) in [6.07, 6.45) is 6.59. The highest BCUT2D eigenvalue weighted by atomic mass is 19.1. The van der Waals surface area contributed by atoms with Crippen molar-refractivity contribution in [2.75, 3.05) is 18.3 Å². The topological polar surface area (TPSA) is 93.9 Å². The Balaban J connectivity index is 1.54. The van der Waals surface area contributed by atoms with Gasteiger partial charge in [-0.15, -0.1) is 0 Å². The summed E-state index contributed by atoms with van der Waals surface area (Å²) >= 11 is 0. The second-order valence-corrected chi connectivity index (χ2v) is 7.65. The number of pyridine rings is 1. The first kappa shape index (κ1) is 16.7. The monoisotopic (exact) mass is 396 g/mol. The summed E-state index contributed by atoms with van der Waals surface area (Å²) in [7, 11) is 0. The van der Waals surface area contributed by atoms with Crippen molar-refractivity contribution in [1.29, 1.82) is 0 Å². The van der Waals surface area contributed by atoms with Crippen molar-refractivity contribution in [3.8, 4) is 5.88 Å². The average molecular weight is 396 g/mol. The minimum atomic E-state index is -0.462. The molecule has 1 N–H and O–H groups in total. The van der Waals surface area contributed by atoms with Gasteiger partial charge in [-0.2, -0.15) is 5.10 Å². The Labute approximate surface area is 164 Å². The van der Waals surface area contributed by atoms with Gasteiger partial charge in [-0.3, -0.25) is 9.63 Å². The number of amides is 1. The number of hydrogen-bond acceptors (Lipinski definition) is 7. The fraction of sp³-hybridized carbons (Fsp3) is 0.368. The fourth-order valence-electron chi connectivity index (χ4n) is 3.89. The number of halogens is 1. The third-order valence-electron chi connectivity index (χ3n) is 5.65. The molecule has 3 aromatic heterocycles. The van der Waals surface area contributed by atoms with E-state index in [4.69, 9.17) is 9.57 Å². The van der Waals surface area contributed by atoms with Gasteiger partial charge in [0.25, 0.3) is 5.91 Å². The van der Waals surface area contributed by atoms with Gasteiger partial charge in [0.05, 0.1) is 30.6 Å². The summed E-state index contributed by atoms with van der Waals surface area (Å²) in [6, 6.07) is 2.86. The van der Waals surface area contributed by atoms with Crippen LogP contribution >= 0.6 is 0 Å². The van der Waals surface area contributed by atoms with Gasteiger partial charge >= 0.3 is 0 Å². The number of anilines is 1. The first-order valence-corrected chi connectivity index (χ1v) is 9.49. The number of aromatic nitrogens is 4. The lowest BCUT2D eigenvalue weighted by Crippen LogP contribution is -2.41. The van der Waals surface area contributed by atoms with E-state index < -0.39 is 11.4 Å². The van der Waals surface area contributed by atoms with Gasteiger partial charge in [-0.1, -0.05) is 0 Å². The summed E-state index contributed by atoms with van der Waals surface area (Å²) in [5.74, 6) is 0.150. The van der Waals surface area contributed by atoms with Crippen molar-refractivity contribution >= 4 is 17.4 Å². The molecule has 5 heterocycles. The van der Waals surface area contributed by atoms with E-state index in [0.717, 1.165) is 19.0 Å². The summed E-state index contributed by atoms with van der Waals surface area (Å²) in [5, 5.41) is 8.90. The first-order valence-electron chi connectivity index (χ1n) is 9.49. The van der Waals surface area contributed by atoms with Gasteiger partial charge in [-0.05, 0) is 18.9 Å². The molecule has 3 aromatic rings. The number of carbonyl (C=O) groups excluding carboxylic acids is 1. The highest BCUT2D eigenvalue weighted by Crippen LogP contribution is 2.40. The van der Waals surface area contributed by atoms with Crippen LogP contribution in [-0.4, -0.2) is 44.2 Å². The molecule has 2 bridgehead atoms. The number of nitrogens with zero attached hydrogens (tertiary/aromatic N) is 5. The molecule has 0 unspecified atom stereocenters. The molecule has 0 radical (unpaired) electrons. The molecule has 29 heavy (non-hydrogen) atoms. The van der Waals surface area contributed by atoms with Crippen LogP contribution in [0.4, 0.5) is 10.2 Å². The first-order chi connectivity index (χ1) is 14.1. The highest BCUT2D eigenvalue weighted by Gasteiger charge is 2.46. The summed E-state index contributed by atoms with van der Waals surface area (Å²) in [5.41, 5.74) is 0.952. The summed E-state index contributed by atoms with van der Waals surface area (Å²) < 4.78 is 21.6. The van der Waals surface area contributed by atoms with Crippen LogP contribution in [-0.2, 0) is 4.84 Å². The van der Waals surface area contributed by atoms with Crippen LogP contribution in [0.25, 0.3) is 5.65 Å². The molecule has 148 valence electrons. The van der Waals surface area contributed by atoms with Crippen LogP contribution < -0.4 is 15.1 Å². The molecule has 2 fully saturated rings. The number of ether oxygens (including phenoxy) is 1. The van der Waals surface area contributed by atoms with E-state index in [1.807, 2.05) is 0 Å². The van der Waals surface area contributed by atoms with E-state index in [1.54, 1.807) is 21.8 Å². The predicted octanol–water partition coefficient (Wildman–Crippen LogP) is 1.80. The maximum Gasteiger partial charge on any atom is 0.257 e. The maximum absolute atomic E-state index is 14.0. The van der Waals surface area contributed by atoms with Gasteiger partial charge in [0.2, 0.25) is 5.88 Å². The molecular formula is C19H17FN6O3. The Morgan fingerprint density at radius 1 is 1.31 bits per heavy atom. The van der Waals surface area contributed by atoms with Crippen molar-refractivity contribution in [2.45, 2.75) is 30.8 Å². The molecular weight excluding hydrogens is 379 g/mol. The van der Waals surface area contributed by atoms with E-state index in [1.165, 1.54) is 12.3 Å². The van der Waals surface area contributed by atoms with Gasteiger partial charge < -0.3 is 10.1 Å². The van der Waals surface area contributed by atoms with Gasteiger partial charge in [0, 0.05) is 24.2 Å². The van der Waals surface area contributed by atoms with Crippen molar-refractivity contribution in [3.63, 3.8) is 0 Å². The molecule has 1 aliphatic carbocycles. The molecule has 1 amide bonds. The Bertz CT molecular complexity index is 1140. The average Bonchev–Trinajstić information content (AvgIpc) is 3.14. The molecule has 2 aliphatic heterocycles. The van der Waals surface area contributed by atoms with Crippen molar-refractivity contribution < 1.29 is 18.8 Å². The van der Waals surface area contributed by atoms with Crippen LogP contribution in [0.3, 0.4) is 0 Å². The number of fused-ring (bicyclic) bond motifs is 5. The molecule has 1 saturated carbocycles. The van der Waals surface area contributed by atoms with E-state index in [-0.39, 0.29) is 18.6 Å². The second-order valence-electron chi connectivity index (χ2n) is 7.65. The Morgan fingerprint density at radius 2 is 2.21 bits per heavy atom. The minimum Gasteiger partial charge on any atom is -0.475 e. The standard InChI is InChI=1S/C19H17FN6O3/c20-11-7-12-14-2-6-29-26(14)15-1-5-25-16(23-15)13(9-22-25)17(27)24-19(3-4-19)10-28-18(12)21-8-11/h1,5,7-9,14H,2-4,6,10H2,(H,24,27)/t14-/m0/s1. The SMILES string of the molecule is O=C1NC2(CC2)COc2ncc(F)cc2[C@@H]2CCON2c2ccn3ncc1c3n2. The molecule has 0 aromatic carbocycles. The minimum absolute atomic E-state index is 0.254. The fourth-order valence-corrected chi connectivity index (χ4v) is 3.89. The highest BCUT2D eigenvalue weighted by molar-refractivity contribution is 6.00. The van der Waals surface area contributed by atoms with E-state index in [9.17, 15) is 9.18 Å². The third kappa shape index (κ3) is 2.63. The number of carbonyl (C=O) groups is 1.